The molecule has 2 rings (SSSR count). The minimum absolute atomic E-state index is 0.672. The Morgan fingerprint density at radius 2 is 2.43 bits per heavy atom. The molecule has 2 aliphatic heterocycles. The monoisotopic (exact) mass is 248 g/mol. The molecular weight excluding hydrogens is 232 g/mol. The van der Waals surface area contributed by atoms with E-state index in [4.69, 9.17) is 0 Å². The molecule has 0 bridgehead atoms. The molecule has 0 aromatic heterocycles. The van der Waals surface area contributed by atoms with Crippen molar-refractivity contribution in [2.75, 3.05) is 30.3 Å². The highest BCUT2D eigenvalue weighted by atomic mass is 32.2. The van der Waals surface area contributed by atoms with Gasteiger partial charge in [-0.3, -0.25) is 4.99 Å². The lowest BCUT2D eigenvalue weighted by atomic mass is 10.5. The maximum absolute atomic E-state index is 4.45. The number of rotatable bonds is 2. The largest absolute Gasteiger partial charge is 0.364 e. The van der Waals surface area contributed by atoms with Crippen molar-refractivity contribution >= 4 is 40.5 Å². The van der Waals surface area contributed by atoms with Crippen molar-refractivity contribution in [3.63, 3.8) is 0 Å². The molecule has 0 spiro atoms. The van der Waals surface area contributed by atoms with Crippen LogP contribution in [0.5, 0.6) is 0 Å². The maximum Gasteiger partial charge on any atom is 0.156 e. The number of nitrogens with one attached hydrogen (secondary N) is 1. The van der Waals surface area contributed by atoms with Crippen molar-refractivity contribution in [1.82, 2.24) is 5.32 Å². The van der Waals surface area contributed by atoms with Crippen molar-refractivity contribution in [2.45, 2.75) is 17.4 Å². The molecule has 0 aromatic carbocycles. The summed E-state index contributed by atoms with van der Waals surface area (Å²) in [6.07, 6.45) is 0. The van der Waals surface area contributed by atoms with Crippen LogP contribution in [0.25, 0.3) is 0 Å². The summed E-state index contributed by atoms with van der Waals surface area (Å²) in [5, 5.41) is 6.08. The molecule has 80 valence electrons. The summed E-state index contributed by atoms with van der Waals surface area (Å²) in [6.45, 7) is 4.31. The molecule has 2 unspecified atom stereocenters. The molecule has 0 aliphatic carbocycles. The molecule has 2 atom stereocenters. The standard InChI is InChI=1S/C9H16N2S3/c1-7-4-10-9(14-7)11-5-8-6-12-2-3-13-8/h7-8H,2-6H2,1H3,(H,10,11). The van der Waals surface area contributed by atoms with E-state index in [0.29, 0.717) is 5.25 Å². The van der Waals surface area contributed by atoms with Crippen LogP contribution in [0.1, 0.15) is 6.92 Å². The van der Waals surface area contributed by atoms with Gasteiger partial charge in [0.05, 0.1) is 6.54 Å². The van der Waals surface area contributed by atoms with E-state index in [1.54, 1.807) is 0 Å². The molecule has 1 N–H and O–H groups in total. The summed E-state index contributed by atoms with van der Waals surface area (Å²) in [6, 6.07) is 0. The van der Waals surface area contributed by atoms with Crippen LogP contribution in [-0.4, -0.2) is 46.0 Å². The molecular formula is C9H16N2S3. The summed E-state index contributed by atoms with van der Waals surface area (Å²) >= 11 is 6.06. The van der Waals surface area contributed by atoms with Gasteiger partial charge < -0.3 is 5.32 Å². The SMILES string of the molecule is CC1CN=C(NCC2CSCCS2)S1. The van der Waals surface area contributed by atoms with Gasteiger partial charge in [-0.2, -0.15) is 23.5 Å². The molecule has 14 heavy (non-hydrogen) atoms. The Hall–Kier alpha value is 0.520. The first-order chi connectivity index (χ1) is 6.84. The van der Waals surface area contributed by atoms with Crippen molar-refractivity contribution in [3.8, 4) is 0 Å². The highest BCUT2D eigenvalue weighted by Gasteiger charge is 2.18. The summed E-state index contributed by atoms with van der Waals surface area (Å²) in [5.41, 5.74) is 0. The van der Waals surface area contributed by atoms with Crippen LogP contribution in [0.4, 0.5) is 0 Å². The Labute approximate surface area is 98.5 Å². The maximum atomic E-state index is 4.45. The van der Waals surface area contributed by atoms with Crippen molar-refractivity contribution in [1.29, 1.82) is 0 Å². The van der Waals surface area contributed by atoms with Gasteiger partial charge in [-0.25, -0.2) is 0 Å². The third kappa shape index (κ3) is 3.28. The number of hydrogen-bond acceptors (Lipinski definition) is 5. The second kappa shape index (κ2) is 5.56. The fourth-order valence-corrected chi connectivity index (χ4v) is 4.89. The minimum atomic E-state index is 0.672. The van der Waals surface area contributed by atoms with Gasteiger partial charge in [-0.05, 0) is 0 Å². The molecule has 2 aliphatic rings. The van der Waals surface area contributed by atoms with E-state index in [0.717, 1.165) is 23.5 Å². The first kappa shape index (κ1) is 11.0. The van der Waals surface area contributed by atoms with Crippen LogP contribution in [-0.2, 0) is 0 Å². The highest BCUT2D eigenvalue weighted by molar-refractivity contribution is 8.14. The first-order valence-electron chi connectivity index (χ1n) is 4.99. The zero-order valence-electron chi connectivity index (χ0n) is 8.36. The lowest BCUT2D eigenvalue weighted by molar-refractivity contribution is 0.864. The van der Waals surface area contributed by atoms with Crippen molar-refractivity contribution in [3.05, 3.63) is 0 Å². The Morgan fingerprint density at radius 1 is 1.50 bits per heavy atom. The second-order valence-electron chi connectivity index (χ2n) is 3.52. The summed E-state index contributed by atoms with van der Waals surface area (Å²) < 4.78 is 0. The predicted molar refractivity (Wildman–Crippen MR) is 70.9 cm³/mol. The number of amidine groups is 1. The molecule has 2 heterocycles. The molecule has 1 fully saturated rings. The van der Waals surface area contributed by atoms with Crippen molar-refractivity contribution in [2.24, 2.45) is 4.99 Å². The molecule has 0 amide bonds. The first-order valence-corrected chi connectivity index (χ1v) is 8.07. The minimum Gasteiger partial charge on any atom is -0.364 e. The summed E-state index contributed by atoms with van der Waals surface area (Å²) in [7, 11) is 0. The molecule has 2 nitrogen and oxygen atoms in total. The number of thioether (sulfide) groups is 3. The molecule has 0 saturated carbocycles. The van der Waals surface area contributed by atoms with Gasteiger partial charge in [0, 0.05) is 34.3 Å². The fraction of sp³-hybridized carbons (Fsp3) is 0.889. The van der Waals surface area contributed by atoms with Gasteiger partial charge in [0.2, 0.25) is 0 Å². The van der Waals surface area contributed by atoms with E-state index in [1.165, 1.54) is 17.3 Å². The highest BCUT2D eigenvalue weighted by Crippen LogP contribution is 2.24. The van der Waals surface area contributed by atoms with Crippen molar-refractivity contribution < 1.29 is 0 Å². The van der Waals surface area contributed by atoms with E-state index in [2.05, 4.69) is 40.8 Å². The normalized spacial score (nSPS) is 32.8. The Kier molecular flexibility index (Phi) is 4.38. The van der Waals surface area contributed by atoms with E-state index in [-0.39, 0.29) is 0 Å². The average Bonchev–Trinajstić information content (AvgIpc) is 2.63. The molecule has 5 heteroatoms. The van der Waals surface area contributed by atoms with Crippen LogP contribution in [0.15, 0.2) is 4.99 Å². The van der Waals surface area contributed by atoms with Crippen LogP contribution in [0.2, 0.25) is 0 Å². The van der Waals surface area contributed by atoms with E-state index in [1.807, 2.05) is 11.8 Å². The Bertz CT molecular complexity index is 214. The zero-order valence-corrected chi connectivity index (χ0v) is 10.8. The smallest absolute Gasteiger partial charge is 0.156 e. The van der Waals surface area contributed by atoms with Gasteiger partial charge in [0.1, 0.15) is 0 Å². The topological polar surface area (TPSA) is 24.4 Å². The van der Waals surface area contributed by atoms with Crippen LogP contribution in [0, 0.1) is 0 Å². The molecule has 0 radical (unpaired) electrons. The second-order valence-corrected chi connectivity index (χ2v) is 7.51. The third-order valence-electron chi connectivity index (χ3n) is 2.17. The number of aliphatic imine (C=N–C) groups is 1. The van der Waals surface area contributed by atoms with Gasteiger partial charge in [0.25, 0.3) is 0 Å². The number of nitrogens with zero attached hydrogens (tertiary/aromatic N) is 1. The third-order valence-corrected chi connectivity index (χ3v) is 6.06. The Balaban J connectivity index is 1.66. The van der Waals surface area contributed by atoms with E-state index < -0.39 is 0 Å². The van der Waals surface area contributed by atoms with Crippen LogP contribution in [0.3, 0.4) is 0 Å². The molecule has 1 saturated heterocycles. The zero-order chi connectivity index (χ0) is 9.80. The van der Waals surface area contributed by atoms with Gasteiger partial charge >= 0.3 is 0 Å². The van der Waals surface area contributed by atoms with Gasteiger partial charge in [0.15, 0.2) is 5.17 Å². The lowest BCUT2D eigenvalue weighted by Gasteiger charge is -2.21. The predicted octanol–water partition coefficient (Wildman–Crippen LogP) is 1.92. The quantitative estimate of drug-likeness (QED) is 0.807. The lowest BCUT2D eigenvalue weighted by Crippen LogP contribution is -2.31. The summed E-state index contributed by atoms with van der Waals surface area (Å²) in [4.78, 5) is 4.45. The summed E-state index contributed by atoms with van der Waals surface area (Å²) in [5.74, 6) is 3.94. The van der Waals surface area contributed by atoms with Gasteiger partial charge in [-0.15, -0.1) is 0 Å². The Morgan fingerprint density at radius 3 is 3.07 bits per heavy atom. The molecule has 0 aromatic rings. The average molecular weight is 248 g/mol. The van der Waals surface area contributed by atoms with E-state index in [9.17, 15) is 0 Å². The van der Waals surface area contributed by atoms with Gasteiger partial charge in [-0.1, -0.05) is 18.7 Å². The van der Waals surface area contributed by atoms with Crippen LogP contribution >= 0.6 is 35.3 Å². The van der Waals surface area contributed by atoms with E-state index >= 15 is 0 Å². The number of hydrogen-bond donors (Lipinski definition) is 1. The fourth-order valence-electron chi connectivity index (χ4n) is 1.43. The van der Waals surface area contributed by atoms with Crippen LogP contribution < -0.4 is 5.32 Å².